The van der Waals surface area contributed by atoms with Crippen molar-refractivity contribution in [3.05, 3.63) is 0 Å². The van der Waals surface area contributed by atoms with E-state index in [1.807, 2.05) is 6.07 Å². The molecular weight excluding hydrogens is 128 g/mol. The van der Waals surface area contributed by atoms with Gasteiger partial charge < -0.3 is 5.32 Å². The van der Waals surface area contributed by atoms with Crippen molar-refractivity contribution in [2.45, 2.75) is 31.7 Å². The van der Waals surface area contributed by atoms with Crippen LogP contribution in [0.5, 0.6) is 0 Å². The lowest BCUT2D eigenvalue weighted by Crippen LogP contribution is -2.31. The van der Waals surface area contributed by atoms with Gasteiger partial charge in [0.05, 0.1) is 6.07 Å². The van der Waals surface area contributed by atoms with Crippen LogP contribution in [0.3, 0.4) is 0 Å². The molecule has 1 N–H and O–H groups in total. The van der Waals surface area contributed by atoms with Crippen LogP contribution in [0, 0.1) is 11.3 Å². The summed E-state index contributed by atoms with van der Waals surface area (Å²) in [5.74, 6) is 0.0176. The minimum absolute atomic E-state index is 0.0176. The van der Waals surface area contributed by atoms with E-state index >= 15 is 0 Å². The fourth-order valence-corrected chi connectivity index (χ4v) is 1.07. The first-order valence-corrected chi connectivity index (χ1v) is 3.52. The van der Waals surface area contributed by atoms with Gasteiger partial charge in [0.25, 0.3) is 0 Å². The molecule has 3 nitrogen and oxygen atoms in total. The summed E-state index contributed by atoms with van der Waals surface area (Å²) in [7, 11) is 0. The van der Waals surface area contributed by atoms with Crippen molar-refractivity contribution < 1.29 is 4.79 Å². The van der Waals surface area contributed by atoms with Gasteiger partial charge in [0.2, 0.25) is 5.91 Å². The second-order valence-electron chi connectivity index (χ2n) is 2.49. The molecule has 0 aromatic carbocycles. The van der Waals surface area contributed by atoms with Gasteiger partial charge in [-0.25, -0.2) is 0 Å². The molecule has 1 atom stereocenters. The highest BCUT2D eigenvalue weighted by Gasteiger charge is 2.14. The molecule has 0 spiro atoms. The van der Waals surface area contributed by atoms with Crippen LogP contribution in [-0.4, -0.2) is 11.9 Å². The molecule has 1 rings (SSSR count). The molecule has 0 saturated carbocycles. The van der Waals surface area contributed by atoms with Crippen LogP contribution in [0.1, 0.15) is 25.7 Å². The Morgan fingerprint density at radius 2 is 2.40 bits per heavy atom. The predicted molar refractivity (Wildman–Crippen MR) is 36.0 cm³/mol. The number of nitrogens with zero attached hydrogens (tertiary/aromatic N) is 1. The van der Waals surface area contributed by atoms with E-state index in [4.69, 9.17) is 5.26 Å². The van der Waals surface area contributed by atoms with Crippen LogP contribution < -0.4 is 5.32 Å². The lowest BCUT2D eigenvalue weighted by atomic mass is 10.1. The average Bonchev–Trinajstić information content (AvgIpc) is 2.13. The molecule has 1 fully saturated rings. The lowest BCUT2D eigenvalue weighted by Gasteiger charge is -2.04. The molecule has 1 amide bonds. The van der Waals surface area contributed by atoms with E-state index in [1.54, 1.807) is 0 Å². The molecule has 0 aromatic rings. The second-order valence-corrected chi connectivity index (χ2v) is 2.49. The largest absolute Gasteiger partial charge is 0.340 e. The molecule has 1 saturated heterocycles. The molecular formula is C7H10N2O. The smallest absolute Gasteiger partial charge is 0.221 e. The van der Waals surface area contributed by atoms with Crippen LogP contribution in [0.25, 0.3) is 0 Å². The topological polar surface area (TPSA) is 52.9 Å². The quantitative estimate of drug-likeness (QED) is 0.532. The van der Waals surface area contributed by atoms with E-state index in [2.05, 4.69) is 5.32 Å². The number of nitrogens with one attached hydrogen (secondary N) is 1. The van der Waals surface area contributed by atoms with Gasteiger partial charge in [-0.3, -0.25) is 4.79 Å². The Kier molecular flexibility index (Phi) is 2.27. The zero-order valence-electron chi connectivity index (χ0n) is 5.76. The van der Waals surface area contributed by atoms with E-state index in [1.165, 1.54) is 0 Å². The van der Waals surface area contributed by atoms with Crippen molar-refractivity contribution in [2.75, 3.05) is 0 Å². The van der Waals surface area contributed by atoms with Gasteiger partial charge in [-0.1, -0.05) is 0 Å². The number of rotatable bonds is 0. The highest BCUT2D eigenvalue weighted by molar-refractivity contribution is 5.76. The highest BCUT2D eigenvalue weighted by atomic mass is 16.1. The summed E-state index contributed by atoms with van der Waals surface area (Å²) in [5.41, 5.74) is 0. The van der Waals surface area contributed by atoms with Crippen LogP contribution in [0.2, 0.25) is 0 Å². The Balaban J connectivity index is 2.47. The van der Waals surface area contributed by atoms with Gasteiger partial charge in [-0.05, 0) is 19.3 Å². The van der Waals surface area contributed by atoms with E-state index in [0.717, 1.165) is 19.3 Å². The minimum Gasteiger partial charge on any atom is -0.340 e. The van der Waals surface area contributed by atoms with E-state index in [9.17, 15) is 4.79 Å². The van der Waals surface area contributed by atoms with E-state index < -0.39 is 0 Å². The third-order valence-electron chi connectivity index (χ3n) is 1.64. The van der Waals surface area contributed by atoms with E-state index in [-0.39, 0.29) is 11.9 Å². The zero-order valence-corrected chi connectivity index (χ0v) is 5.76. The van der Waals surface area contributed by atoms with Crippen LogP contribution in [-0.2, 0) is 4.79 Å². The van der Waals surface area contributed by atoms with Crippen LogP contribution in [0.15, 0.2) is 0 Å². The predicted octanol–water partition coefficient (Wildman–Crippen LogP) is 0.569. The molecule has 10 heavy (non-hydrogen) atoms. The summed E-state index contributed by atoms with van der Waals surface area (Å²) in [4.78, 5) is 10.8. The number of hydrogen-bond acceptors (Lipinski definition) is 2. The number of nitriles is 1. The molecule has 54 valence electrons. The van der Waals surface area contributed by atoms with Crippen molar-refractivity contribution in [1.29, 1.82) is 5.26 Å². The molecule has 3 heteroatoms. The van der Waals surface area contributed by atoms with Crippen molar-refractivity contribution in [3.63, 3.8) is 0 Å². The maximum absolute atomic E-state index is 10.8. The van der Waals surface area contributed by atoms with Crippen molar-refractivity contribution in [2.24, 2.45) is 0 Å². The summed E-state index contributed by atoms with van der Waals surface area (Å²) < 4.78 is 0. The Bertz CT molecular complexity index is 171. The third kappa shape index (κ3) is 1.73. The first-order valence-electron chi connectivity index (χ1n) is 3.52. The molecule has 0 unspecified atom stereocenters. The van der Waals surface area contributed by atoms with Crippen LogP contribution in [0.4, 0.5) is 0 Å². The van der Waals surface area contributed by atoms with Crippen molar-refractivity contribution in [3.8, 4) is 6.07 Å². The number of hydrogen-bond donors (Lipinski definition) is 1. The lowest BCUT2D eigenvalue weighted by molar-refractivity contribution is -0.121. The van der Waals surface area contributed by atoms with Crippen LogP contribution >= 0.6 is 0 Å². The maximum Gasteiger partial charge on any atom is 0.221 e. The monoisotopic (exact) mass is 138 g/mol. The van der Waals surface area contributed by atoms with Gasteiger partial charge in [0, 0.05) is 6.42 Å². The zero-order chi connectivity index (χ0) is 7.40. The number of carbonyl (C=O) groups is 1. The second kappa shape index (κ2) is 3.21. The molecule has 1 aliphatic heterocycles. The number of carbonyl (C=O) groups excluding carboxylic acids is 1. The van der Waals surface area contributed by atoms with Crippen molar-refractivity contribution in [1.82, 2.24) is 5.32 Å². The summed E-state index contributed by atoms with van der Waals surface area (Å²) in [6.45, 7) is 0. The van der Waals surface area contributed by atoms with Gasteiger partial charge in [0.15, 0.2) is 0 Å². The van der Waals surface area contributed by atoms with E-state index in [0.29, 0.717) is 6.42 Å². The fraction of sp³-hybridized carbons (Fsp3) is 0.714. The summed E-state index contributed by atoms with van der Waals surface area (Å²) >= 11 is 0. The van der Waals surface area contributed by atoms with Gasteiger partial charge in [0.1, 0.15) is 6.04 Å². The molecule has 0 aliphatic carbocycles. The Morgan fingerprint density at radius 1 is 1.60 bits per heavy atom. The van der Waals surface area contributed by atoms with Gasteiger partial charge in [-0.15, -0.1) is 0 Å². The summed E-state index contributed by atoms with van der Waals surface area (Å²) in [5, 5.41) is 11.1. The van der Waals surface area contributed by atoms with Crippen molar-refractivity contribution >= 4 is 5.91 Å². The molecule has 0 aromatic heterocycles. The first-order chi connectivity index (χ1) is 4.83. The highest BCUT2D eigenvalue weighted by Crippen LogP contribution is 2.07. The number of amides is 1. The molecule has 1 heterocycles. The SMILES string of the molecule is N#C[C@@H]1CCCCC(=O)N1. The summed E-state index contributed by atoms with van der Waals surface area (Å²) in [6.07, 6.45) is 3.29. The third-order valence-corrected chi connectivity index (χ3v) is 1.64. The Morgan fingerprint density at radius 3 is 3.10 bits per heavy atom. The molecule has 1 aliphatic rings. The fourth-order valence-electron chi connectivity index (χ4n) is 1.07. The van der Waals surface area contributed by atoms with Gasteiger partial charge >= 0.3 is 0 Å². The first kappa shape index (κ1) is 7.07. The minimum atomic E-state index is -0.241. The molecule has 0 radical (unpaired) electrons. The summed E-state index contributed by atoms with van der Waals surface area (Å²) in [6, 6.07) is 1.80. The average molecular weight is 138 g/mol. The normalized spacial score (nSPS) is 26.3. The standard InChI is InChI=1S/C7H10N2O/c8-5-6-3-1-2-4-7(10)9-6/h6H,1-4H2,(H,9,10)/t6-/m0/s1. The Hall–Kier alpha value is -1.04. The molecule has 0 bridgehead atoms. The Labute approximate surface area is 60.0 Å². The maximum atomic E-state index is 10.8. The van der Waals surface area contributed by atoms with Gasteiger partial charge in [-0.2, -0.15) is 5.26 Å².